The Morgan fingerprint density at radius 2 is 2.12 bits per heavy atom. The molecule has 2 N–H and O–H groups in total. The minimum atomic E-state index is 0.0692. The number of carbonyl (C=O) groups is 1. The van der Waals surface area contributed by atoms with Crippen LogP contribution >= 0.6 is 0 Å². The van der Waals surface area contributed by atoms with E-state index >= 15 is 0 Å². The van der Waals surface area contributed by atoms with Crippen molar-refractivity contribution in [3.63, 3.8) is 0 Å². The highest BCUT2D eigenvalue weighted by atomic mass is 16.5. The first-order valence-corrected chi connectivity index (χ1v) is 9.06. The van der Waals surface area contributed by atoms with E-state index in [2.05, 4.69) is 17.6 Å². The third kappa shape index (κ3) is 4.71. The van der Waals surface area contributed by atoms with Crippen LogP contribution in [0.15, 0.2) is 24.3 Å². The summed E-state index contributed by atoms with van der Waals surface area (Å²) in [5, 5.41) is 6.41. The molecular weight excluding hydrogens is 304 g/mol. The molecule has 1 aromatic carbocycles. The minimum Gasteiger partial charge on any atom is -0.486 e. The minimum absolute atomic E-state index is 0.0692. The molecule has 5 nitrogen and oxygen atoms in total. The van der Waals surface area contributed by atoms with E-state index in [9.17, 15) is 4.79 Å². The number of anilines is 1. The van der Waals surface area contributed by atoms with Gasteiger partial charge in [-0.3, -0.25) is 4.79 Å². The van der Waals surface area contributed by atoms with Gasteiger partial charge in [0.25, 0.3) is 0 Å². The zero-order valence-corrected chi connectivity index (χ0v) is 14.4. The fourth-order valence-electron chi connectivity index (χ4n) is 3.53. The molecule has 2 atom stereocenters. The van der Waals surface area contributed by atoms with Gasteiger partial charge in [-0.2, -0.15) is 0 Å². The molecule has 0 bridgehead atoms. The number of benzene rings is 1. The van der Waals surface area contributed by atoms with Crippen LogP contribution in [0.25, 0.3) is 0 Å². The smallest absolute Gasteiger partial charge is 0.224 e. The van der Waals surface area contributed by atoms with Crippen LogP contribution in [0.4, 0.5) is 5.69 Å². The maximum Gasteiger partial charge on any atom is 0.224 e. The average Bonchev–Trinajstić information content (AvgIpc) is 3.10. The molecule has 3 rings (SSSR count). The van der Waals surface area contributed by atoms with E-state index in [4.69, 9.17) is 9.47 Å². The highest BCUT2D eigenvalue weighted by molar-refractivity contribution is 5.92. The van der Waals surface area contributed by atoms with E-state index in [0.717, 1.165) is 50.4 Å². The third-order valence-electron chi connectivity index (χ3n) is 5.04. The second-order valence-electron chi connectivity index (χ2n) is 6.92. The zero-order chi connectivity index (χ0) is 16.8. The molecule has 132 valence electrons. The molecule has 0 saturated carbocycles. The summed E-state index contributed by atoms with van der Waals surface area (Å²) in [6.45, 7) is 5.68. The van der Waals surface area contributed by atoms with E-state index in [1.165, 1.54) is 0 Å². The maximum atomic E-state index is 12.4. The molecule has 2 aliphatic rings. The van der Waals surface area contributed by atoms with Crippen molar-refractivity contribution in [3.05, 3.63) is 24.3 Å². The Bertz CT molecular complexity index is 537. The van der Waals surface area contributed by atoms with E-state index in [-0.39, 0.29) is 12.0 Å². The Balaban J connectivity index is 1.55. The van der Waals surface area contributed by atoms with Crippen molar-refractivity contribution in [3.8, 4) is 5.75 Å². The molecule has 24 heavy (non-hydrogen) atoms. The van der Waals surface area contributed by atoms with Crippen molar-refractivity contribution in [2.24, 2.45) is 11.8 Å². The number of nitrogens with one attached hydrogen (secondary N) is 2. The Morgan fingerprint density at radius 3 is 2.88 bits per heavy atom. The lowest BCUT2D eigenvalue weighted by molar-refractivity contribution is -0.117. The van der Waals surface area contributed by atoms with Crippen molar-refractivity contribution in [1.82, 2.24) is 5.32 Å². The predicted octanol–water partition coefficient (Wildman–Crippen LogP) is 2.82. The number of rotatable bonds is 6. The molecule has 2 unspecified atom stereocenters. The molecule has 5 heteroatoms. The van der Waals surface area contributed by atoms with Gasteiger partial charge >= 0.3 is 0 Å². The Morgan fingerprint density at radius 1 is 1.33 bits per heavy atom. The van der Waals surface area contributed by atoms with Crippen LogP contribution in [-0.2, 0) is 9.53 Å². The molecule has 2 heterocycles. The molecule has 2 fully saturated rings. The number of amides is 1. The van der Waals surface area contributed by atoms with Crippen molar-refractivity contribution in [1.29, 1.82) is 0 Å². The number of hydrogen-bond acceptors (Lipinski definition) is 4. The molecule has 1 aromatic rings. The van der Waals surface area contributed by atoms with Crippen molar-refractivity contribution in [2.75, 3.05) is 31.6 Å². The number of piperidine rings is 1. The summed E-state index contributed by atoms with van der Waals surface area (Å²) < 4.78 is 11.3. The number of carbonyl (C=O) groups excluding carboxylic acids is 1. The second kappa shape index (κ2) is 8.49. The molecule has 2 saturated heterocycles. The van der Waals surface area contributed by atoms with Crippen LogP contribution in [-0.4, -0.2) is 38.3 Å². The van der Waals surface area contributed by atoms with Crippen molar-refractivity contribution >= 4 is 11.6 Å². The van der Waals surface area contributed by atoms with Gasteiger partial charge in [0.05, 0.1) is 18.9 Å². The molecular formula is C19H28N2O3. The van der Waals surface area contributed by atoms with Crippen LogP contribution in [0.2, 0.25) is 0 Å². The van der Waals surface area contributed by atoms with Gasteiger partial charge in [0, 0.05) is 12.8 Å². The lowest BCUT2D eigenvalue weighted by Crippen LogP contribution is -2.32. The first-order valence-electron chi connectivity index (χ1n) is 9.06. The van der Waals surface area contributed by atoms with Crippen molar-refractivity contribution < 1.29 is 14.3 Å². The second-order valence-corrected chi connectivity index (χ2v) is 6.92. The molecule has 0 aliphatic carbocycles. The topological polar surface area (TPSA) is 59.6 Å². The highest BCUT2D eigenvalue weighted by Gasteiger charge is 2.23. The van der Waals surface area contributed by atoms with Gasteiger partial charge in [-0.05, 0) is 49.9 Å². The Hall–Kier alpha value is -1.59. The molecule has 0 spiro atoms. The van der Waals surface area contributed by atoms with E-state index in [1.54, 1.807) is 0 Å². The summed E-state index contributed by atoms with van der Waals surface area (Å²) >= 11 is 0. The Kier molecular flexibility index (Phi) is 6.10. The summed E-state index contributed by atoms with van der Waals surface area (Å²) in [7, 11) is 0. The normalized spacial score (nSPS) is 23.0. The average molecular weight is 332 g/mol. The van der Waals surface area contributed by atoms with Gasteiger partial charge in [-0.15, -0.1) is 0 Å². The first-order chi connectivity index (χ1) is 11.7. The van der Waals surface area contributed by atoms with Crippen LogP contribution in [0.3, 0.4) is 0 Å². The van der Waals surface area contributed by atoms with Gasteiger partial charge in [-0.1, -0.05) is 19.1 Å². The lowest BCUT2D eigenvalue weighted by Gasteiger charge is -2.28. The highest BCUT2D eigenvalue weighted by Crippen LogP contribution is 2.28. The molecule has 0 aromatic heterocycles. The first kappa shape index (κ1) is 17.2. The molecule has 1 amide bonds. The van der Waals surface area contributed by atoms with Gasteiger partial charge in [0.2, 0.25) is 5.91 Å². The monoisotopic (exact) mass is 332 g/mol. The number of para-hydroxylation sites is 2. The van der Waals surface area contributed by atoms with Crippen LogP contribution < -0.4 is 15.4 Å². The third-order valence-corrected chi connectivity index (χ3v) is 5.04. The summed E-state index contributed by atoms with van der Waals surface area (Å²) in [6, 6.07) is 7.66. The van der Waals surface area contributed by atoms with Crippen molar-refractivity contribution in [2.45, 2.75) is 38.7 Å². The van der Waals surface area contributed by atoms with E-state index in [0.29, 0.717) is 24.9 Å². The fraction of sp³-hybridized carbons (Fsp3) is 0.632. The van der Waals surface area contributed by atoms with Crippen LogP contribution in [0.1, 0.15) is 32.6 Å². The fourth-order valence-corrected chi connectivity index (χ4v) is 3.53. The van der Waals surface area contributed by atoms with Gasteiger partial charge in [0.15, 0.2) is 0 Å². The number of ether oxygens (including phenoxy) is 2. The van der Waals surface area contributed by atoms with Gasteiger partial charge < -0.3 is 20.1 Å². The Labute approximate surface area is 144 Å². The maximum absolute atomic E-state index is 12.4. The SMILES string of the molecule is CC(CC(=O)Nc1ccccc1OC1CCOC1)C1CCNCC1. The van der Waals surface area contributed by atoms with E-state index in [1.807, 2.05) is 24.3 Å². The van der Waals surface area contributed by atoms with Gasteiger partial charge in [-0.25, -0.2) is 0 Å². The van der Waals surface area contributed by atoms with Gasteiger partial charge in [0.1, 0.15) is 11.9 Å². The summed E-state index contributed by atoms with van der Waals surface area (Å²) in [5.41, 5.74) is 0.756. The van der Waals surface area contributed by atoms with Crippen LogP contribution in [0.5, 0.6) is 5.75 Å². The summed E-state index contributed by atoms with van der Waals surface area (Å²) in [6.07, 6.45) is 3.86. The lowest BCUT2D eigenvalue weighted by atomic mass is 9.84. The molecule has 0 radical (unpaired) electrons. The van der Waals surface area contributed by atoms with E-state index < -0.39 is 0 Å². The quantitative estimate of drug-likeness (QED) is 0.841. The summed E-state index contributed by atoms with van der Waals surface area (Å²) in [4.78, 5) is 12.4. The molecule has 2 aliphatic heterocycles. The van der Waals surface area contributed by atoms with Crippen LogP contribution in [0, 0.1) is 11.8 Å². The summed E-state index contributed by atoms with van der Waals surface area (Å²) in [5.74, 6) is 1.85. The predicted molar refractivity (Wildman–Crippen MR) is 94.3 cm³/mol. The zero-order valence-electron chi connectivity index (χ0n) is 14.4. The number of hydrogen-bond donors (Lipinski definition) is 2. The largest absolute Gasteiger partial charge is 0.486 e. The standard InChI is InChI=1S/C19H28N2O3/c1-14(15-6-9-20-10-7-15)12-19(22)21-17-4-2-3-5-18(17)24-16-8-11-23-13-16/h2-5,14-16,20H,6-13H2,1H3,(H,21,22).